The molecular formula is C15H16N2O2. The minimum Gasteiger partial charge on any atom is -0.478 e. The molecule has 0 bridgehead atoms. The van der Waals surface area contributed by atoms with E-state index in [4.69, 9.17) is 5.11 Å². The lowest BCUT2D eigenvalue weighted by Crippen LogP contribution is -2.17. The Morgan fingerprint density at radius 3 is 2.79 bits per heavy atom. The predicted octanol–water partition coefficient (Wildman–Crippen LogP) is 2.83. The minimum absolute atomic E-state index is 0.307. The van der Waals surface area contributed by atoms with Gasteiger partial charge in [0.05, 0.1) is 11.3 Å². The molecule has 1 unspecified atom stereocenters. The first-order chi connectivity index (χ1) is 9.13. The van der Waals surface area contributed by atoms with Gasteiger partial charge in [-0.1, -0.05) is 19.1 Å². The number of nitrogens with zero attached hydrogens (tertiary/aromatic N) is 2. The number of carboxylic acid groups (broad SMARTS) is 1. The van der Waals surface area contributed by atoms with Crippen LogP contribution in [0.5, 0.6) is 0 Å². The SMILES string of the molecule is CC1CCc2nc(-c3ccc(C(=O)O)cc3)cn2C1. The molecule has 19 heavy (non-hydrogen) atoms. The normalized spacial score (nSPS) is 18.1. The number of carboxylic acids is 1. The van der Waals surface area contributed by atoms with Gasteiger partial charge >= 0.3 is 5.97 Å². The maximum atomic E-state index is 10.8. The van der Waals surface area contributed by atoms with Crippen LogP contribution in [0.4, 0.5) is 0 Å². The Bertz CT molecular complexity index is 614. The Hall–Kier alpha value is -2.10. The van der Waals surface area contributed by atoms with Crippen molar-refractivity contribution in [1.82, 2.24) is 9.55 Å². The molecular weight excluding hydrogens is 240 g/mol. The van der Waals surface area contributed by atoms with Gasteiger partial charge in [0, 0.05) is 24.7 Å². The van der Waals surface area contributed by atoms with E-state index in [9.17, 15) is 4.79 Å². The van der Waals surface area contributed by atoms with E-state index >= 15 is 0 Å². The first-order valence-corrected chi connectivity index (χ1v) is 6.53. The van der Waals surface area contributed by atoms with Crippen molar-refractivity contribution in [3.05, 3.63) is 41.9 Å². The zero-order valence-corrected chi connectivity index (χ0v) is 10.8. The summed E-state index contributed by atoms with van der Waals surface area (Å²) in [6.07, 6.45) is 4.28. The third kappa shape index (κ3) is 2.26. The molecule has 0 radical (unpaired) electrons. The molecule has 98 valence electrons. The topological polar surface area (TPSA) is 55.1 Å². The molecule has 1 aromatic heterocycles. The highest BCUT2D eigenvalue weighted by Crippen LogP contribution is 2.24. The maximum absolute atomic E-state index is 10.8. The van der Waals surface area contributed by atoms with E-state index in [-0.39, 0.29) is 0 Å². The van der Waals surface area contributed by atoms with E-state index in [1.807, 2.05) is 12.1 Å². The second kappa shape index (κ2) is 4.53. The fraction of sp³-hybridized carbons (Fsp3) is 0.333. The number of fused-ring (bicyclic) bond motifs is 1. The molecule has 4 nitrogen and oxygen atoms in total. The molecule has 2 heterocycles. The van der Waals surface area contributed by atoms with Gasteiger partial charge in [-0.05, 0) is 24.5 Å². The number of aromatic nitrogens is 2. The number of aromatic carboxylic acids is 1. The molecule has 0 saturated carbocycles. The molecule has 0 saturated heterocycles. The van der Waals surface area contributed by atoms with Crippen molar-refractivity contribution in [2.24, 2.45) is 5.92 Å². The molecule has 1 aliphatic rings. The lowest BCUT2D eigenvalue weighted by atomic mass is 10.0. The van der Waals surface area contributed by atoms with Gasteiger partial charge in [-0.3, -0.25) is 0 Å². The lowest BCUT2D eigenvalue weighted by molar-refractivity contribution is 0.0697. The third-order valence-corrected chi connectivity index (χ3v) is 3.66. The summed E-state index contributed by atoms with van der Waals surface area (Å²) in [7, 11) is 0. The average molecular weight is 256 g/mol. The maximum Gasteiger partial charge on any atom is 0.335 e. The van der Waals surface area contributed by atoms with Gasteiger partial charge in [0.25, 0.3) is 0 Å². The smallest absolute Gasteiger partial charge is 0.335 e. The molecule has 4 heteroatoms. The molecule has 0 fully saturated rings. The van der Waals surface area contributed by atoms with Crippen LogP contribution >= 0.6 is 0 Å². The van der Waals surface area contributed by atoms with Crippen molar-refractivity contribution in [1.29, 1.82) is 0 Å². The van der Waals surface area contributed by atoms with Crippen LogP contribution in [0, 0.1) is 5.92 Å². The summed E-state index contributed by atoms with van der Waals surface area (Å²) in [5, 5.41) is 8.89. The highest BCUT2D eigenvalue weighted by Gasteiger charge is 2.17. The third-order valence-electron chi connectivity index (χ3n) is 3.66. The van der Waals surface area contributed by atoms with Crippen molar-refractivity contribution < 1.29 is 9.90 Å². The first-order valence-electron chi connectivity index (χ1n) is 6.53. The van der Waals surface area contributed by atoms with Crippen LogP contribution in [0.25, 0.3) is 11.3 Å². The molecule has 3 rings (SSSR count). The summed E-state index contributed by atoms with van der Waals surface area (Å²) in [5.74, 6) is 0.934. The van der Waals surface area contributed by atoms with E-state index in [1.54, 1.807) is 12.1 Å². The number of imidazole rings is 1. The molecule has 1 atom stereocenters. The predicted molar refractivity (Wildman–Crippen MR) is 72.1 cm³/mol. The summed E-state index contributed by atoms with van der Waals surface area (Å²) in [4.78, 5) is 15.5. The molecule has 0 amide bonds. The molecule has 0 aliphatic carbocycles. The molecule has 1 N–H and O–H groups in total. The van der Waals surface area contributed by atoms with Gasteiger partial charge < -0.3 is 9.67 Å². The summed E-state index contributed by atoms with van der Waals surface area (Å²) in [5.41, 5.74) is 2.21. The number of rotatable bonds is 2. The number of hydrogen-bond donors (Lipinski definition) is 1. The zero-order valence-electron chi connectivity index (χ0n) is 10.8. The van der Waals surface area contributed by atoms with Gasteiger partial charge in [0.2, 0.25) is 0 Å². The highest BCUT2D eigenvalue weighted by molar-refractivity contribution is 5.88. The Morgan fingerprint density at radius 2 is 2.11 bits per heavy atom. The monoisotopic (exact) mass is 256 g/mol. The van der Waals surface area contributed by atoms with Crippen molar-refractivity contribution in [3.8, 4) is 11.3 Å². The fourth-order valence-electron chi connectivity index (χ4n) is 2.54. The molecule has 1 aromatic carbocycles. The van der Waals surface area contributed by atoms with E-state index in [0.29, 0.717) is 11.5 Å². The van der Waals surface area contributed by atoms with Crippen molar-refractivity contribution in [2.45, 2.75) is 26.3 Å². The van der Waals surface area contributed by atoms with Crippen LogP contribution in [0.15, 0.2) is 30.5 Å². The quantitative estimate of drug-likeness (QED) is 0.898. The van der Waals surface area contributed by atoms with Crippen molar-refractivity contribution in [3.63, 3.8) is 0 Å². The van der Waals surface area contributed by atoms with Crippen LogP contribution < -0.4 is 0 Å². The fourth-order valence-corrected chi connectivity index (χ4v) is 2.54. The van der Waals surface area contributed by atoms with E-state index in [1.165, 1.54) is 6.42 Å². The second-order valence-electron chi connectivity index (χ2n) is 5.22. The van der Waals surface area contributed by atoms with Crippen LogP contribution in [0.2, 0.25) is 0 Å². The first kappa shape index (κ1) is 12.0. The van der Waals surface area contributed by atoms with Crippen molar-refractivity contribution >= 4 is 5.97 Å². The van der Waals surface area contributed by atoms with Gasteiger partial charge in [0.1, 0.15) is 5.82 Å². The number of benzene rings is 1. The van der Waals surface area contributed by atoms with Gasteiger partial charge in [-0.2, -0.15) is 0 Å². The number of hydrogen-bond acceptors (Lipinski definition) is 2. The Labute approximate surface area is 111 Å². The highest BCUT2D eigenvalue weighted by atomic mass is 16.4. The standard InChI is InChI=1S/C15H16N2O2/c1-10-2-7-14-16-13(9-17(14)8-10)11-3-5-12(6-4-11)15(18)19/h3-6,9-10H,2,7-8H2,1H3,(H,18,19). The average Bonchev–Trinajstić information content (AvgIpc) is 2.81. The number of aryl methyl sites for hydroxylation is 1. The molecule has 2 aromatic rings. The van der Waals surface area contributed by atoms with Crippen LogP contribution in [-0.2, 0) is 13.0 Å². The Kier molecular flexibility index (Phi) is 2.85. The lowest BCUT2D eigenvalue weighted by Gasteiger charge is -2.19. The minimum atomic E-state index is -0.899. The zero-order chi connectivity index (χ0) is 13.4. The Balaban J connectivity index is 1.92. The van der Waals surface area contributed by atoms with Gasteiger partial charge in [0.15, 0.2) is 0 Å². The molecule has 1 aliphatic heterocycles. The largest absolute Gasteiger partial charge is 0.478 e. The van der Waals surface area contributed by atoms with Crippen molar-refractivity contribution in [2.75, 3.05) is 0 Å². The van der Waals surface area contributed by atoms with Crippen LogP contribution in [0.3, 0.4) is 0 Å². The van der Waals surface area contributed by atoms with Crippen LogP contribution in [-0.4, -0.2) is 20.6 Å². The van der Waals surface area contributed by atoms with E-state index in [0.717, 1.165) is 30.0 Å². The second-order valence-corrected chi connectivity index (χ2v) is 5.22. The van der Waals surface area contributed by atoms with E-state index < -0.39 is 5.97 Å². The van der Waals surface area contributed by atoms with Crippen LogP contribution in [0.1, 0.15) is 29.5 Å². The number of carbonyl (C=O) groups is 1. The summed E-state index contributed by atoms with van der Waals surface area (Å²) >= 11 is 0. The summed E-state index contributed by atoms with van der Waals surface area (Å²) in [6.45, 7) is 3.28. The molecule has 0 spiro atoms. The summed E-state index contributed by atoms with van der Waals surface area (Å²) < 4.78 is 2.22. The Morgan fingerprint density at radius 1 is 1.37 bits per heavy atom. The summed E-state index contributed by atoms with van der Waals surface area (Å²) in [6, 6.07) is 6.89. The van der Waals surface area contributed by atoms with Gasteiger partial charge in [-0.25, -0.2) is 9.78 Å². The van der Waals surface area contributed by atoms with Gasteiger partial charge in [-0.15, -0.1) is 0 Å². The van der Waals surface area contributed by atoms with E-state index in [2.05, 4.69) is 22.7 Å².